The largest absolute Gasteiger partial charge is 0.393 e. The van der Waals surface area contributed by atoms with Gasteiger partial charge in [0.1, 0.15) is 5.82 Å². The fourth-order valence-electron chi connectivity index (χ4n) is 5.11. The SMILES string of the molecule is CCc1nc(C(N)=O)c(Nc2ccc(N3CCC(N(C)C)C3)c(C)c2)nc1NC1CCC(O)CC1. The molecule has 1 aliphatic carbocycles. The molecule has 9 heteroatoms. The molecule has 5 N–H and O–H groups in total. The van der Waals surface area contributed by atoms with Crippen LogP contribution in [0.25, 0.3) is 0 Å². The number of nitrogens with one attached hydrogen (secondary N) is 2. The van der Waals surface area contributed by atoms with Crippen LogP contribution in [0, 0.1) is 6.92 Å². The van der Waals surface area contributed by atoms with Crippen LogP contribution in [0.1, 0.15) is 60.8 Å². The Bertz CT molecular complexity index is 1050. The van der Waals surface area contributed by atoms with Crippen molar-refractivity contribution < 1.29 is 9.90 Å². The Labute approximate surface area is 208 Å². The highest BCUT2D eigenvalue weighted by atomic mass is 16.3. The lowest BCUT2D eigenvalue weighted by Crippen LogP contribution is -2.31. The second kappa shape index (κ2) is 10.8. The van der Waals surface area contributed by atoms with Gasteiger partial charge in [0.05, 0.1) is 11.8 Å². The Kier molecular flexibility index (Phi) is 7.76. The highest BCUT2D eigenvalue weighted by molar-refractivity contribution is 5.96. The average Bonchev–Trinajstić information content (AvgIpc) is 3.31. The van der Waals surface area contributed by atoms with Crippen molar-refractivity contribution in [3.63, 3.8) is 0 Å². The van der Waals surface area contributed by atoms with Crippen molar-refractivity contribution in [3.05, 3.63) is 35.2 Å². The second-order valence-electron chi connectivity index (χ2n) is 10.1. The maximum Gasteiger partial charge on any atom is 0.271 e. The number of primary amides is 1. The van der Waals surface area contributed by atoms with Gasteiger partial charge in [0.2, 0.25) is 0 Å². The van der Waals surface area contributed by atoms with Gasteiger partial charge in [-0.3, -0.25) is 4.79 Å². The number of nitrogens with two attached hydrogens (primary N) is 1. The van der Waals surface area contributed by atoms with E-state index < -0.39 is 5.91 Å². The number of anilines is 4. The van der Waals surface area contributed by atoms with E-state index in [1.165, 1.54) is 5.69 Å². The molecule has 2 aliphatic rings. The molecule has 4 rings (SSSR count). The summed E-state index contributed by atoms with van der Waals surface area (Å²) < 4.78 is 0. The smallest absolute Gasteiger partial charge is 0.271 e. The minimum Gasteiger partial charge on any atom is -0.393 e. The number of nitrogens with zero attached hydrogens (tertiary/aromatic N) is 4. The number of aliphatic hydroxyl groups is 1. The molecule has 2 fully saturated rings. The van der Waals surface area contributed by atoms with Crippen LogP contribution in [-0.4, -0.2) is 71.3 Å². The molecule has 1 aliphatic heterocycles. The summed E-state index contributed by atoms with van der Waals surface area (Å²) in [5, 5.41) is 16.6. The fourth-order valence-corrected chi connectivity index (χ4v) is 5.11. The highest BCUT2D eigenvalue weighted by Gasteiger charge is 2.26. The molecule has 2 aromatic rings. The molecule has 1 saturated carbocycles. The van der Waals surface area contributed by atoms with Crippen molar-refractivity contribution in [2.24, 2.45) is 5.73 Å². The summed E-state index contributed by atoms with van der Waals surface area (Å²) in [5.41, 5.74) is 9.75. The van der Waals surface area contributed by atoms with E-state index in [4.69, 9.17) is 10.7 Å². The number of aliphatic hydroxyl groups excluding tert-OH is 1. The monoisotopic (exact) mass is 481 g/mol. The van der Waals surface area contributed by atoms with E-state index in [1.54, 1.807) is 0 Å². The van der Waals surface area contributed by atoms with Crippen LogP contribution in [0.3, 0.4) is 0 Å². The number of aromatic nitrogens is 2. The number of amides is 1. The van der Waals surface area contributed by atoms with E-state index in [9.17, 15) is 9.90 Å². The van der Waals surface area contributed by atoms with Gasteiger partial charge in [-0.15, -0.1) is 0 Å². The van der Waals surface area contributed by atoms with Crippen LogP contribution >= 0.6 is 0 Å². The van der Waals surface area contributed by atoms with E-state index in [1.807, 2.05) is 13.0 Å². The van der Waals surface area contributed by atoms with Crippen LogP contribution < -0.4 is 21.3 Å². The minimum atomic E-state index is -0.609. The summed E-state index contributed by atoms with van der Waals surface area (Å²) >= 11 is 0. The first-order chi connectivity index (χ1) is 16.7. The van der Waals surface area contributed by atoms with Gasteiger partial charge in [-0.25, -0.2) is 9.97 Å². The molecule has 35 heavy (non-hydrogen) atoms. The lowest BCUT2D eigenvalue weighted by atomic mass is 9.93. The Morgan fingerprint density at radius 2 is 1.91 bits per heavy atom. The van der Waals surface area contributed by atoms with Gasteiger partial charge in [0.15, 0.2) is 11.5 Å². The van der Waals surface area contributed by atoms with E-state index in [2.05, 4.69) is 58.6 Å². The van der Waals surface area contributed by atoms with Crippen molar-refractivity contribution in [2.45, 2.75) is 70.6 Å². The Morgan fingerprint density at radius 3 is 2.51 bits per heavy atom. The van der Waals surface area contributed by atoms with Gasteiger partial charge < -0.3 is 31.3 Å². The standard InChI is InChI=1S/C26H39N7O2/c1-5-21-25(28-17-6-9-20(34)10-7-17)31-26(23(30-21)24(27)35)29-18-8-11-22(16(2)14-18)33-13-12-19(15-33)32(3)4/h8,11,14,17,19-20,34H,5-7,9-10,12-13,15H2,1-4H3,(H2,27,35)(H2,28,29,31). The summed E-state index contributed by atoms with van der Waals surface area (Å²) in [7, 11) is 4.27. The second-order valence-corrected chi connectivity index (χ2v) is 10.1. The third-order valence-electron chi connectivity index (χ3n) is 7.27. The number of carbonyl (C=O) groups is 1. The number of likely N-dealkylation sites (N-methyl/N-ethyl adjacent to an activating group) is 1. The normalized spacial score (nSPS) is 22.5. The molecule has 0 spiro atoms. The summed E-state index contributed by atoms with van der Waals surface area (Å²) in [4.78, 5) is 26.3. The third-order valence-corrected chi connectivity index (χ3v) is 7.27. The van der Waals surface area contributed by atoms with Crippen molar-refractivity contribution in [1.82, 2.24) is 14.9 Å². The molecule has 1 unspecified atom stereocenters. The summed E-state index contributed by atoms with van der Waals surface area (Å²) in [6.07, 6.45) is 4.85. The molecule has 1 amide bonds. The van der Waals surface area contributed by atoms with Crippen LogP contribution in [0.4, 0.5) is 23.0 Å². The zero-order valence-electron chi connectivity index (χ0n) is 21.3. The quantitative estimate of drug-likeness (QED) is 0.454. The highest BCUT2D eigenvalue weighted by Crippen LogP contribution is 2.30. The van der Waals surface area contributed by atoms with Gasteiger partial charge in [-0.1, -0.05) is 6.92 Å². The maximum atomic E-state index is 12.2. The van der Waals surface area contributed by atoms with Gasteiger partial charge >= 0.3 is 0 Å². The number of hydrogen-bond donors (Lipinski definition) is 4. The maximum absolute atomic E-state index is 12.2. The number of rotatable bonds is 8. The van der Waals surface area contributed by atoms with Crippen molar-refractivity contribution in [1.29, 1.82) is 0 Å². The topological polar surface area (TPSA) is 120 Å². The van der Waals surface area contributed by atoms with E-state index >= 15 is 0 Å². The molecule has 1 atom stereocenters. The van der Waals surface area contributed by atoms with E-state index in [0.717, 1.165) is 56.4 Å². The van der Waals surface area contributed by atoms with Crippen LogP contribution in [-0.2, 0) is 6.42 Å². The predicted octanol–water partition coefficient (Wildman–Crippen LogP) is 3.05. The lowest BCUT2D eigenvalue weighted by Gasteiger charge is -2.27. The zero-order chi connectivity index (χ0) is 25.1. The van der Waals surface area contributed by atoms with Crippen LogP contribution in [0.2, 0.25) is 0 Å². The molecule has 9 nitrogen and oxygen atoms in total. The van der Waals surface area contributed by atoms with Gasteiger partial charge in [-0.2, -0.15) is 0 Å². The van der Waals surface area contributed by atoms with E-state index in [0.29, 0.717) is 29.8 Å². The van der Waals surface area contributed by atoms with Crippen molar-refractivity contribution in [2.75, 3.05) is 42.7 Å². The average molecular weight is 482 g/mol. The molecule has 0 radical (unpaired) electrons. The first-order valence-corrected chi connectivity index (χ1v) is 12.7. The van der Waals surface area contributed by atoms with Gasteiger partial charge in [-0.05, 0) is 83.3 Å². The number of hydrogen-bond acceptors (Lipinski definition) is 8. The lowest BCUT2D eigenvalue weighted by molar-refractivity contribution is 0.0996. The molecule has 1 aromatic carbocycles. The van der Waals surface area contributed by atoms with Crippen LogP contribution in [0.5, 0.6) is 0 Å². The van der Waals surface area contributed by atoms with Gasteiger partial charge in [0, 0.05) is 36.5 Å². The molecule has 2 heterocycles. The summed E-state index contributed by atoms with van der Waals surface area (Å²) in [5.74, 6) is 0.415. The molecule has 0 bridgehead atoms. The van der Waals surface area contributed by atoms with Crippen LogP contribution in [0.15, 0.2) is 18.2 Å². The van der Waals surface area contributed by atoms with Gasteiger partial charge in [0.25, 0.3) is 5.91 Å². The number of carbonyl (C=O) groups excluding carboxylic acids is 1. The molecule has 1 saturated heterocycles. The van der Waals surface area contributed by atoms with Crippen molar-refractivity contribution in [3.8, 4) is 0 Å². The predicted molar refractivity (Wildman–Crippen MR) is 141 cm³/mol. The molecule has 1 aromatic heterocycles. The molecular formula is C26H39N7O2. The molecule has 190 valence electrons. The first-order valence-electron chi connectivity index (χ1n) is 12.7. The third kappa shape index (κ3) is 5.85. The minimum absolute atomic E-state index is 0.140. The van der Waals surface area contributed by atoms with Crippen molar-refractivity contribution >= 4 is 28.9 Å². The fraction of sp³-hybridized carbons (Fsp3) is 0.577. The number of aryl methyl sites for hydroxylation is 2. The first kappa shape index (κ1) is 25.2. The van der Waals surface area contributed by atoms with E-state index in [-0.39, 0.29) is 17.8 Å². The Balaban J connectivity index is 1.56. The summed E-state index contributed by atoms with van der Waals surface area (Å²) in [6, 6.07) is 7.00. The zero-order valence-corrected chi connectivity index (χ0v) is 21.3. The number of benzene rings is 1. The Morgan fingerprint density at radius 1 is 1.17 bits per heavy atom. The summed E-state index contributed by atoms with van der Waals surface area (Å²) in [6.45, 7) is 6.15. The molecular weight excluding hydrogens is 442 g/mol. The Hall–Kier alpha value is -2.91.